The van der Waals surface area contributed by atoms with E-state index in [0.717, 1.165) is 17.1 Å². The smallest absolute Gasteiger partial charge is 0.227 e. The molecule has 0 saturated carbocycles. The van der Waals surface area contributed by atoms with Crippen molar-refractivity contribution in [2.24, 2.45) is 5.73 Å². The van der Waals surface area contributed by atoms with Crippen molar-refractivity contribution in [1.82, 2.24) is 0 Å². The van der Waals surface area contributed by atoms with Crippen molar-refractivity contribution >= 4 is 23.4 Å². The molecule has 110 valence electrons. The molecule has 2 aromatic carbocycles. The molecular formula is C17H20N2OS. The van der Waals surface area contributed by atoms with Crippen molar-refractivity contribution in [3.63, 3.8) is 0 Å². The third kappa shape index (κ3) is 4.53. The predicted octanol–water partition coefficient (Wildman–Crippen LogP) is 3.49. The fraction of sp³-hybridized carbons (Fsp3) is 0.235. The van der Waals surface area contributed by atoms with E-state index in [0.29, 0.717) is 5.75 Å². The normalized spacial score (nSPS) is 10.4. The molecule has 0 spiro atoms. The topological polar surface area (TPSA) is 55.1 Å². The molecule has 0 radical (unpaired) electrons. The van der Waals surface area contributed by atoms with Gasteiger partial charge in [-0.1, -0.05) is 30.3 Å². The van der Waals surface area contributed by atoms with Crippen LogP contribution in [0.1, 0.15) is 16.7 Å². The van der Waals surface area contributed by atoms with Crippen LogP contribution >= 0.6 is 11.8 Å². The monoisotopic (exact) mass is 300 g/mol. The molecule has 0 aliphatic carbocycles. The fourth-order valence-electron chi connectivity index (χ4n) is 2.00. The van der Waals surface area contributed by atoms with Gasteiger partial charge in [0.05, 0.1) is 5.75 Å². The average Bonchev–Trinajstić information content (AvgIpc) is 2.47. The summed E-state index contributed by atoms with van der Waals surface area (Å²) in [6, 6.07) is 14.4. The van der Waals surface area contributed by atoms with Crippen LogP contribution in [0.15, 0.2) is 47.4 Å². The first-order valence-corrected chi connectivity index (χ1v) is 7.85. The molecule has 0 aliphatic rings. The molecule has 0 saturated heterocycles. The average molecular weight is 300 g/mol. The van der Waals surface area contributed by atoms with E-state index in [-0.39, 0.29) is 5.91 Å². The highest BCUT2D eigenvalue weighted by molar-refractivity contribution is 8.00. The number of rotatable bonds is 6. The Morgan fingerprint density at radius 2 is 1.90 bits per heavy atom. The lowest BCUT2D eigenvalue weighted by Gasteiger charge is -2.12. The van der Waals surface area contributed by atoms with E-state index < -0.39 is 0 Å². The van der Waals surface area contributed by atoms with Crippen molar-refractivity contribution < 1.29 is 4.79 Å². The first-order valence-electron chi connectivity index (χ1n) is 6.86. The number of hydrogen-bond acceptors (Lipinski definition) is 3. The molecule has 1 amide bonds. The van der Waals surface area contributed by atoms with Gasteiger partial charge < -0.3 is 11.1 Å². The van der Waals surface area contributed by atoms with E-state index in [9.17, 15) is 4.79 Å². The number of thioether (sulfide) groups is 1. The molecule has 21 heavy (non-hydrogen) atoms. The van der Waals surface area contributed by atoms with Gasteiger partial charge in [0, 0.05) is 17.1 Å². The van der Waals surface area contributed by atoms with Crippen LogP contribution in [0.3, 0.4) is 0 Å². The van der Waals surface area contributed by atoms with Crippen molar-refractivity contribution in [3.05, 3.63) is 59.2 Å². The molecule has 0 fully saturated rings. The number of aryl methyl sites for hydroxylation is 2. The largest absolute Gasteiger partial charge is 0.380 e. The van der Waals surface area contributed by atoms with Gasteiger partial charge in [-0.05, 0) is 42.7 Å². The number of carbonyl (C=O) groups excluding carboxylic acids is 1. The number of nitrogens with two attached hydrogens (primary N) is 1. The SMILES string of the molecule is Cc1ccc(CNc2ccccc2SCC(N)=O)cc1C. The van der Waals surface area contributed by atoms with Crippen molar-refractivity contribution in [2.75, 3.05) is 11.1 Å². The molecule has 4 heteroatoms. The van der Waals surface area contributed by atoms with Crippen LogP contribution in [0.5, 0.6) is 0 Å². The second-order valence-corrected chi connectivity index (χ2v) is 6.04. The molecule has 3 N–H and O–H groups in total. The molecule has 0 aromatic heterocycles. The highest BCUT2D eigenvalue weighted by atomic mass is 32.2. The molecular weight excluding hydrogens is 280 g/mol. The van der Waals surface area contributed by atoms with Crippen molar-refractivity contribution in [3.8, 4) is 0 Å². The number of nitrogens with one attached hydrogen (secondary N) is 1. The maximum Gasteiger partial charge on any atom is 0.227 e. The summed E-state index contributed by atoms with van der Waals surface area (Å²) in [5.74, 6) is -0.00791. The minimum atomic E-state index is -0.302. The predicted molar refractivity (Wildman–Crippen MR) is 89.6 cm³/mol. The zero-order valence-electron chi connectivity index (χ0n) is 12.3. The van der Waals surface area contributed by atoms with Gasteiger partial charge in [0.25, 0.3) is 0 Å². The minimum absolute atomic E-state index is 0.294. The molecule has 0 aliphatic heterocycles. The highest BCUT2D eigenvalue weighted by Gasteiger charge is 2.04. The van der Waals surface area contributed by atoms with Gasteiger partial charge in [-0.3, -0.25) is 4.79 Å². The van der Waals surface area contributed by atoms with E-state index in [1.807, 2.05) is 24.3 Å². The maximum absolute atomic E-state index is 10.9. The van der Waals surface area contributed by atoms with Crippen LogP contribution in [-0.4, -0.2) is 11.7 Å². The summed E-state index contributed by atoms with van der Waals surface area (Å²) in [5.41, 5.74) is 10.1. The Labute approximate surface area is 129 Å². The van der Waals surface area contributed by atoms with Crippen LogP contribution in [0.2, 0.25) is 0 Å². The summed E-state index contributed by atoms with van der Waals surface area (Å²) in [7, 11) is 0. The number of para-hydroxylation sites is 1. The van der Waals surface area contributed by atoms with Crippen LogP contribution in [0.25, 0.3) is 0 Å². The number of hydrogen-bond donors (Lipinski definition) is 2. The van der Waals surface area contributed by atoms with Crippen LogP contribution in [0, 0.1) is 13.8 Å². The summed E-state index contributed by atoms with van der Waals surface area (Å²) in [6.07, 6.45) is 0. The lowest BCUT2D eigenvalue weighted by atomic mass is 10.1. The number of benzene rings is 2. The quantitative estimate of drug-likeness (QED) is 0.803. The Morgan fingerprint density at radius 1 is 1.14 bits per heavy atom. The van der Waals surface area contributed by atoms with Crippen molar-refractivity contribution in [1.29, 1.82) is 0 Å². The van der Waals surface area contributed by atoms with Gasteiger partial charge in [-0.2, -0.15) is 0 Å². The fourth-order valence-corrected chi connectivity index (χ4v) is 2.77. The van der Waals surface area contributed by atoms with Gasteiger partial charge in [0.2, 0.25) is 5.91 Å². The molecule has 2 aromatic rings. The van der Waals surface area contributed by atoms with E-state index in [1.165, 1.54) is 28.5 Å². The molecule has 2 rings (SSSR count). The van der Waals surface area contributed by atoms with E-state index in [4.69, 9.17) is 5.73 Å². The summed E-state index contributed by atoms with van der Waals surface area (Å²) in [6.45, 7) is 4.99. The Morgan fingerprint density at radius 3 is 2.62 bits per heavy atom. The highest BCUT2D eigenvalue weighted by Crippen LogP contribution is 2.27. The zero-order chi connectivity index (χ0) is 15.2. The van der Waals surface area contributed by atoms with Crippen LogP contribution in [-0.2, 0) is 11.3 Å². The Hall–Kier alpha value is -1.94. The number of amides is 1. The number of anilines is 1. The maximum atomic E-state index is 10.9. The van der Waals surface area contributed by atoms with E-state index in [2.05, 4.69) is 37.4 Å². The summed E-state index contributed by atoms with van der Waals surface area (Å²) in [5, 5.41) is 3.43. The van der Waals surface area contributed by atoms with Gasteiger partial charge in [-0.25, -0.2) is 0 Å². The Kier molecular flexibility index (Phi) is 5.28. The van der Waals surface area contributed by atoms with Crippen LogP contribution < -0.4 is 11.1 Å². The van der Waals surface area contributed by atoms with E-state index >= 15 is 0 Å². The Bertz CT molecular complexity index is 640. The second-order valence-electron chi connectivity index (χ2n) is 5.02. The van der Waals surface area contributed by atoms with E-state index in [1.54, 1.807) is 0 Å². The standard InChI is InChI=1S/C17H20N2OS/c1-12-7-8-14(9-13(12)2)10-19-15-5-3-4-6-16(15)21-11-17(18)20/h3-9,19H,10-11H2,1-2H3,(H2,18,20). The summed E-state index contributed by atoms with van der Waals surface area (Å²) in [4.78, 5) is 12.0. The number of carbonyl (C=O) groups is 1. The lowest BCUT2D eigenvalue weighted by Crippen LogP contribution is -2.13. The number of primary amides is 1. The third-order valence-electron chi connectivity index (χ3n) is 3.31. The molecule has 0 unspecified atom stereocenters. The third-order valence-corrected chi connectivity index (χ3v) is 4.41. The van der Waals surface area contributed by atoms with Gasteiger partial charge in [0.1, 0.15) is 0 Å². The molecule has 0 atom stereocenters. The van der Waals surface area contributed by atoms with Gasteiger partial charge in [-0.15, -0.1) is 11.8 Å². The van der Waals surface area contributed by atoms with Gasteiger partial charge in [0.15, 0.2) is 0 Å². The first kappa shape index (κ1) is 15.4. The van der Waals surface area contributed by atoms with Crippen LogP contribution in [0.4, 0.5) is 5.69 Å². The molecule has 0 bridgehead atoms. The summed E-state index contributed by atoms with van der Waals surface area (Å²) < 4.78 is 0. The minimum Gasteiger partial charge on any atom is -0.380 e. The second kappa shape index (κ2) is 7.18. The van der Waals surface area contributed by atoms with Crippen molar-refractivity contribution in [2.45, 2.75) is 25.3 Å². The molecule has 0 heterocycles. The Balaban J connectivity index is 2.05. The van der Waals surface area contributed by atoms with Gasteiger partial charge >= 0.3 is 0 Å². The molecule has 3 nitrogen and oxygen atoms in total. The zero-order valence-corrected chi connectivity index (χ0v) is 13.2. The first-order chi connectivity index (χ1) is 10.1. The lowest BCUT2D eigenvalue weighted by molar-refractivity contribution is -0.115. The summed E-state index contributed by atoms with van der Waals surface area (Å²) >= 11 is 1.46.